The number of phosphoric ester groups is 5. The second kappa shape index (κ2) is 30.1. The lowest BCUT2D eigenvalue weighted by Crippen LogP contribution is -2.39. The molecular weight excluding hydrogens is 1530 g/mol. The van der Waals surface area contributed by atoms with Gasteiger partial charge < -0.3 is 101 Å². The standard InChI is InChI=1S/C47H60N17O36P5/c48-21-1-4-60(45(73)57-21)41-28(69)33(98-102(79,80)88-7-16-26(67)27(68)40(92-16)61-5-2-22(65)58-46(61)74)18(93-41)9-90-105(85,86)100-35-20(96-44(31(35)72)64-15-56-25-37(50)52-13-54-39(25)64)11-91-104(83,84)99-34-19(94-42(29(34)70)62-6-3-23(66)59-47(62)75)10-89-103(81,82)97-32-17(8-87-101(76,77)78)95-43(30(32)71)63-14-55-24-36(49)51-12-53-38(24)63/h1-6,12-20,26-35,40-44,67-72H,7-11H2,(H,79,80)(H,81,82)(H,83,84)(H,85,86)(H2,48,57,73)(H2,49,51,53)(H2,50,52,54)(H,58,65,74)(H,59,66,75)(H2,76,77,78)/t16-,17-,18-,19-,20-,26-,27-,28-,29-,30-,31-,32-,33-,34-,35-,40-,41-,42-,43-,44-/m1/s1. The van der Waals surface area contributed by atoms with E-state index in [0.717, 1.165) is 71.2 Å². The van der Waals surface area contributed by atoms with E-state index in [0.29, 0.717) is 13.7 Å². The lowest BCUT2D eigenvalue weighted by atomic mass is 10.1. The van der Waals surface area contributed by atoms with Crippen LogP contribution in [0.3, 0.4) is 0 Å². The minimum Gasteiger partial charge on any atom is -0.387 e. The van der Waals surface area contributed by atoms with Gasteiger partial charge in [0.05, 0.1) is 45.7 Å². The van der Waals surface area contributed by atoms with Crippen molar-refractivity contribution in [2.45, 2.75) is 123 Å². The number of nitrogen functional groups attached to an aromatic ring is 3. The summed E-state index contributed by atoms with van der Waals surface area (Å²) in [4.78, 5) is 158. The molecule has 5 aliphatic rings. The van der Waals surface area contributed by atoms with Gasteiger partial charge in [-0.15, -0.1) is 0 Å². The van der Waals surface area contributed by atoms with E-state index in [-0.39, 0.29) is 39.8 Å². The first-order valence-corrected chi connectivity index (χ1v) is 37.4. The van der Waals surface area contributed by atoms with Crippen molar-refractivity contribution in [3.63, 3.8) is 0 Å². The summed E-state index contributed by atoms with van der Waals surface area (Å²) in [6.45, 7) is -6.40. The van der Waals surface area contributed by atoms with Crippen molar-refractivity contribution in [3.8, 4) is 0 Å². The summed E-state index contributed by atoms with van der Waals surface area (Å²) in [6, 6.07) is 2.70. The summed E-state index contributed by atoms with van der Waals surface area (Å²) >= 11 is 0. The zero-order valence-electron chi connectivity index (χ0n) is 52.4. The van der Waals surface area contributed by atoms with Gasteiger partial charge in [0.15, 0.2) is 54.1 Å². The molecule has 5 saturated heterocycles. The summed E-state index contributed by atoms with van der Waals surface area (Å²) in [7, 11) is -28.6. The molecule has 0 saturated carbocycles. The lowest BCUT2D eigenvalue weighted by Gasteiger charge is -2.27. The molecule has 0 aromatic carbocycles. The molecule has 0 bridgehead atoms. The summed E-state index contributed by atoms with van der Waals surface area (Å²) in [5, 5.41) is 68.2. The van der Waals surface area contributed by atoms with Crippen LogP contribution in [-0.4, -0.2) is 252 Å². The largest absolute Gasteiger partial charge is 0.472 e. The van der Waals surface area contributed by atoms with E-state index < -0.39 is 223 Å². The Bertz CT molecular complexity index is 4940. The second-order valence-electron chi connectivity index (χ2n) is 23.1. The molecule has 12 heterocycles. The predicted octanol–water partition coefficient (Wildman–Crippen LogP) is -7.46. The van der Waals surface area contributed by atoms with Gasteiger partial charge in [-0.2, -0.15) is 4.98 Å². The Hall–Kier alpha value is -7.15. The Balaban J connectivity index is 0.765. The van der Waals surface area contributed by atoms with Crippen molar-refractivity contribution in [1.29, 1.82) is 0 Å². The van der Waals surface area contributed by atoms with Gasteiger partial charge in [-0.25, -0.2) is 67.1 Å². The van der Waals surface area contributed by atoms with Crippen molar-refractivity contribution in [3.05, 3.63) is 114 Å². The second-order valence-corrected chi connectivity index (χ2v) is 30.0. The molecule has 53 nitrogen and oxygen atoms in total. The molecule has 7 aromatic heterocycles. The summed E-state index contributed by atoms with van der Waals surface area (Å²) in [5.41, 5.74) is 11.8. The predicted molar refractivity (Wildman–Crippen MR) is 331 cm³/mol. The molecule has 5 fully saturated rings. The van der Waals surface area contributed by atoms with E-state index in [2.05, 4.69) is 39.4 Å². The van der Waals surface area contributed by atoms with E-state index in [1.165, 1.54) is 0 Å². The third kappa shape index (κ3) is 16.8. The molecule has 0 radical (unpaired) electrons. The highest BCUT2D eigenvalue weighted by Gasteiger charge is 2.57. The molecule has 4 unspecified atom stereocenters. The molecule has 0 amide bonds. The van der Waals surface area contributed by atoms with Crippen LogP contribution in [-0.2, 0) is 87.2 Å². The van der Waals surface area contributed by atoms with E-state index in [9.17, 15) is 107 Å². The van der Waals surface area contributed by atoms with Gasteiger partial charge in [0, 0.05) is 30.7 Å². The zero-order valence-corrected chi connectivity index (χ0v) is 56.8. The maximum atomic E-state index is 14.2. The zero-order chi connectivity index (χ0) is 75.7. The van der Waals surface area contributed by atoms with Gasteiger partial charge in [-0.1, -0.05) is 0 Å². The van der Waals surface area contributed by atoms with Gasteiger partial charge in [0.1, 0.15) is 121 Å². The van der Waals surface area contributed by atoms with Gasteiger partial charge >= 0.3 is 56.2 Å². The number of imidazole rings is 2. The van der Waals surface area contributed by atoms with Crippen molar-refractivity contribution in [1.82, 2.24) is 67.7 Å². The number of H-pyrrole nitrogens is 2. The third-order valence-corrected chi connectivity index (χ3v) is 20.7. The third-order valence-electron chi connectivity index (χ3n) is 16.3. The monoisotopic (exact) mass is 1590 g/mol. The molecule has 5 aliphatic heterocycles. The number of aromatic amines is 2. The molecule has 12 rings (SSSR count). The number of phosphoric acid groups is 5. The molecule has 24 atom stereocenters. The van der Waals surface area contributed by atoms with Crippen LogP contribution < -0.4 is 45.4 Å². The number of aliphatic hydroxyl groups is 6. The van der Waals surface area contributed by atoms with Crippen LogP contribution >= 0.6 is 39.1 Å². The smallest absolute Gasteiger partial charge is 0.387 e. The highest BCUT2D eigenvalue weighted by molar-refractivity contribution is 7.48. The topological polar surface area (TPSA) is 767 Å². The number of aromatic nitrogens is 14. The van der Waals surface area contributed by atoms with Gasteiger partial charge in [0.25, 0.3) is 11.1 Å². The fraction of sp³-hybridized carbons (Fsp3) is 0.532. The SMILES string of the molecule is Nc1ccn([C@@H]2O[C@H](COP(=O)(O)O[C@H]3[C@@H](O)[C@H](n4cnc5c(N)ncnc54)O[C@@H]3COP(=O)(O)O[C@H]3[C@@H](O)[C@H](n4ccc(=O)[nH]c4=O)O[C@@H]3COP(=O)(O)O[C@H]3[C@@H](O)[C@H](n4cnc5c(N)ncnc54)O[C@@H]3COP(=O)(O)O)[C@@H](OP(=O)(O)OC[C@H]3O[C@@H](n4ccc(=O)[nH]c4=O)[C@H](O)[C@@H]3O)[C@H]2O)c(=O)n1. The highest BCUT2D eigenvalue weighted by Crippen LogP contribution is 2.56. The summed E-state index contributed by atoms with van der Waals surface area (Å²) in [6.07, 6.45) is -34.4. The van der Waals surface area contributed by atoms with Crippen molar-refractivity contribution in [2.24, 2.45) is 0 Å². The number of aliphatic hydroxyl groups excluding tert-OH is 6. The first kappa shape index (κ1) is 77.5. The number of hydrogen-bond donors (Lipinski definition) is 17. The molecule has 0 aliphatic carbocycles. The van der Waals surface area contributed by atoms with Gasteiger partial charge in [0.2, 0.25) is 0 Å². The number of nitrogens with one attached hydrogen (secondary N) is 2. The van der Waals surface area contributed by atoms with Crippen LogP contribution in [0.2, 0.25) is 0 Å². The Morgan fingerprint density at radius 2 is 0.733 bits per heavy atom. The van der Waals surface area contributed by atoms with Crippen molar-refractivity contribution >= 4 is 78.9 Å². The Morgan fingerprint density at radius 3 is 1.10 bits per heavy atom. The average Bonchev–Trinajstić information content (AvgIpc) is 1.63. The van der Waals surface area contributed by atoms with Crippen LogP contribution in [0.25, 0.3) is 22.3 Å². The minimum absolute atomic E-state index is 0.0167. The molecule has 7 aromatic rings. The minimum atomic E-state index is -5.93. The fourth-order valence-electron chi connectivity index (χ4n) is 11.5. The number of nitrogens with zero attached hydrogens (tertiary/aromatic N) is 12. The Kier molecular flexibility index (Phi) is 22.2. The van der Waals surface area contributed by atoms with Crippen LogP contribution in [0.1, 0.15) is 31.1 Å². The van der Waals surface area contributed by atoms with E-state index in [1.807, 2.05) is 9.97 Å². The quantitative estimate of drug-likeness (QED) is 0.0203. The summed E-state index contributed by atoms with van der Waals surface area (Å²) in [5.74, 6) is -0.681. The first-order valence-electron chi connectivity index (χ1n) is 29.9. The fourth-order valence-corrected chi connectivity index (χ4v) is 15.7. The number of fused-ring (bicyclic) bond motifs is 2. The van der Waals surface area contributed by atoms with Crippen molar-refractivity contribution < 1.29 is 147 Å². The molecule has 0 spiro atoms. The number of rotatable bonds is 28. The first-order chi connectivity index (χ1) is 49.4. The highest BCUT2D eigenvalue weighted by atomic mass is 31.2. The molecular formula is C47H60N17O36P5. The van der Waals surface area contributed by atoms with Gasteiger partial charge in [-0.05, 0) is 6.07 Å². The average molecular weight is 1590 g/mol. The molecule has 20 N–H and O–H groups in total. The maximum Gasteiger partial charge on any atom is 0.472 e. The number of ether oxygens (including phenoxy) is 5. The number of nitrogens with two attached hydrogens (primary N) is 3. The number of hydrogen-bond acceptors (Lipinski definition) is 40. The Morgan fingerprint density at radius 1 is 0.410 bits per heavy atom. The van der Waals surface area contributed by atoms with Crippen LogP contribution in [0.15, 0.2) is 86.1 Å². The molecule has 574 valence electrons. The molecule has 105 heavy (non-hydrogen) atoms. The van der Waals surface area contributed by atoms with Crippen LogP contribution in [0.5, 0.6) is 0 Å². The van der Waals surface area contributed by atoms with Crippen LogP contribution in [0.4, 0.5) is 17.5 Å². The Labute approximate surface area is 579 Å². The van der Waals surface area contributed by atoms with E-state index >= 15 is 0 Å². The lowest BCUT2D eigenvalue weighted by molar-refractivity contribution is -0.0658. The van der Waals surface area contributed by atoms with Crippen LogP contribution in [0, 0.1) is 0 Å². The molecule has 58 heteroatoms. The normalized spacial score (nSPS) is 32.4. The maximum absolute atomic E-state index is 14.2. The van der Waals surface area contributed by atoms with E-state index in [1.54, 1.807) is 0 Å². The van der Waals surface area contributed by atoms with Gasteiger partial charge in [-0.3, -0.25) is 83.1 Å². The van der Waals surface area contributed by atoms with Crippen molar-refractivity contribution in [2.75, 3.05) is 50.2 Å². The van der Waals surface area contributed by atoms with E-state index in [4.69, 9.17) is 77.1 Å². The summed E-state index contributed by atoms with van der Waals surface area (Å²) < 4.78 is 147. The number of anilines is 3.